The predicted molar refractivity (Wildman–Crippen MR) is 98.5 cm³/mol. The van der Waals surface area contributed by atoms with Gasteiger partial charge >= 0.3 is 0 Å². The Bertz CT molecular complexity index is 884. The van der Waals surface area contributed by atoms with E-state index in [4.69, 9.17) is 16.3 Å². The number of fused-ring (bicyclic) bond motifs is 1. The van der Waals surface area contributed by atoms with E-state index in [1.807, 2.05) is 36.4 Å². The SMILES string of the molecule is CNC(=O)CCOc1ccc(Nc2ncnc3cc(Cl)ccc23)cc1. The summed E-state index contributed by atoms with van der Waals surface area (Å²) in [6.07, 6.45) is 1.82. The van der Waals surface area contributed by atoms with Gasteiger partial charge in [-0.1, -0.05) is 11.6 Å². The van der Waals surface area contributed by atoms with Crippen molar-refractivity contribution in [1.82, 2.24) is 15.3 Å². The lowest BCUT2D eigenvalue weighted by atomic mass is 10.2. The van der Waals surface area contributed by atoms with Crippen LogP contribution in [0.3, 0.4) is 0 Å². The Labute approximate surface area is 150 Å². The smallest absolute Gasteiger partial charge is 0.223 e. The van der Waals surface area contributed by atoms with Crippen molar-refractivity contribution in [2.45, 2.75) is 6.42 Å². The number of anilines is 2. The molecule has 0 aliphatic heterocycles. The van der Waals surface area contributed by atoms with Crippen molar-refractivity contribution in [2.24, 2.45) is 0 Å². The van der Waals surface area contributed by atoms with Crippen molar-refractivity contribution in [1.29, 1.82) is 0 Å². The van der Waals surface area contributed by atoms with Crippen LogP contribution >= 0.6 is 11.6 Å². The molecule has 0 aliphatic rings. The number of ether oxygens (including phenoxy) is 1. The van der Waals surface area contributed by atoms with Crippen LogP contribution in [0.25, 0.3) is 10.9 Å². The van der Waals surface area contributed by atoms with Gasteiger partial charge in [0, 0.05) is 23.1 Å². The monoisotopic (exact) mass is 356 g/mol. The Morgan fingerprint density at radius 2 is 1.96 bits per heavy atom. The van der Waals surface area contributed by atoms with Crippen LogP contribution in [-0.4, -0.2) is 29.5 Å². The van der Waals surface area contributed by atoms with Gasteiger partial charge in [0.05, 0.1) is 18.5 Å². The number of nitrogens with one attached hydrogen (secondary N) is 2. The number of nitrogens with zero attached hydrogens (tertiary/aromatic N) is 2. The van der Waals surface area contributed by atoms with E-state index >= 15 is 0 Å². The molecular weight excluding hydrogens is 340 g/mol. The first-order valence-corrected chi connectivity index (χ1v) is 8.14. The van der Waals surface area contributed by atoms with Crippen molar-refractivity contribution in [3.05, 3.63) is 53.8 Å². The lowest BCUT2D eigenvalue weighted by Crippen LogP contribution is -2.20. The van der Waals surface area contributed by atoms with Gasteiger partial charge in [-0.15, -0.1) is 0 Å². The highest BCUT2D eigenvalue weighted by Gasteiger charge is 2.05. The number of hydrogen-bond donors (Lipinski definition) is 2. The first kappa shape index (κ1) is 17.0. The third kappa shape index (κ3) is 4.36. The summed E-state index contributed by atoms with van der Waals surface area (Å²) in [6, 6.07) is 12.9. The van der Waals surface area contributed by atoms with Crippen LogP contribution in [-0.2, 0) is 4.79 Å². The van der Waals surface area contributed by atoms with Crippen molar-refractivity contribution >= 4 is 39.9 Å². The molecule has 1 amide bonds. The Balaban J connectivity index is 1.68. The molecule has 0 spiro atoms. The second-order valence-electron chi connectivity index (χ2n) is 5.30. The fourth-order valence-corrected chi connectivity index (χ4v) is 2.45. The number of carbonyl (C=O) groups is 1. The molecule has 0 bridgehead atoms. The van der Waals surface area contributed by atoms with E-state index in [9.17, 15) is 4.79 Å². The number of halogens is 1. The molecular formula is C18H17ClN4O2. The molecule has 6 nitrogen and oxygen atoms in total. The molecule has 0 saturated carbocycles. The second kappa shape index (κ2) is 7.81. The zero-order chi connectivity index (χ0) is 17.6. The molecule has 0 saturated heterocycles. The standard InChI is InChI=1S/C18H17ClN4O2/c1-20-17(24)8-9-25-14-5-3-13(4-6-14)23-18-15-7-2-12(19)10-16(15)21-11-22-18/h2-7,10-11H,8-9H2,1H3,(H,20,24)(H,21,22,23). The lowest BCUT2D eigenvalue weighted by molar-refractivity contribution is -0.121. The molecule has 0 aliphatic carbocycles. The van der Waals surface area contributed by atoms with Crippen LogP contribution in [0, 0.1) is 0 Å². The highest BCUT2D eigenvalue weighted by atomic mass is 35.5. The van der Waals surface area contributed by atoms with E-state index < -0.39 is 0 Å². The van der Waals surface area contributed by atoms with Crippen LogP contribution in [0.15, 0.2) is 48.8 Å². The van der Waals surface area contributed by atoms with Crippen molar-refractivity contribution in [3.8, 4) is 5.75 Å². The minimum Gasteiger partial charge on any atom is -0.493 e. The number of rotatable bonds is 6. The van der Waals surface area contributed by atoms with Gasteiger partial charge in [0.15, 0.2) is 0 Å². The van der Waals surface area contributed by atoms with Gasteiger partial charge in [0.1, 0.15) is 17.9 Å². The molecule has 7 heteroatoms. The summed E-state index contributed by atoms with van der Waals surface area (Å²) < 4.78 is 5.54. The highest BCUT2D eigenvalue weighted by Crippen LogP contribution is 2.26. The molecule has 3 rings (SSSR count). The maximum absolute atomic E-state index is 11.2. The van der Waals surface area contributed by atoms with Gasteiger partial charge in [-0.2, -0.15) is 0 Å². The van der Waals surface area contributed by atoms with E-state index in [0.29, 0.717) is 29.6 Å². The Hall–Kier alpha value is -2.86. The van der Waals surface area contributed by atoms with Gasteiger partial charge in [0.25, 0.3) is 0 Å². The summed E-state index contributed by atoms with van der Waals surface area (Å²) in [5.74, 6) is 1.36. The number of aromatic nitrogens is 2. The Morgan fingerprint density at radius 1 is 1.16 bits per heavy atom. The molecule has 3 aromatic rings. The molecule has 25 heavy (non-hydrogen) atoms. The maximum Gasteiger partial charge on any atom is 0.223 e. The predicted octanol–water partition coefficient (Wildman–Crippen LogP) is 3.54. The zero-order valence-electron chi connectivity index (χ0n) is 13.6. The average Bonchev–Trinajstić information content (AvgIpc) is 2.63. The Kier molecular flexibility index (Phi) is 5.30. The average molecular weight is 357 g/mol. The van der Waals surface area contributed by atoms with E-state index in [2.05, 4.69) is 20.6 Å². The molecule has 128 valence electrons. The van der Waals surface area contributed by atoms with Gasteiger partial charge < -0.3 is 15.4 Å². The molecule has 2 aromatic carbocycles. The van der Waals surface area contributed by atoms with E-state index in [1.54, 1.807) is 13.1 Å². The Morgan fingerprint density at radius 3 is 2.72 bits per heavy atom. The minimum absolute atomic E-state index is 0.0472. The van der Waals surface area contributed by atoms with Gasteiger partial charge in [-0.25, -0.2) is 9.97 Å². The maximum atomic E-state index is 11.2. The van der Waals surface area contributed by atoms with Crippen LogP contribution in [0.2, 0.25) is 5.02 Å². The molecule has 0 radical (unpaired) electrons. The van der Waals surface area contributed by atoms with Crippen LogP contribution in [0.5, 0.6) is 5.75 Å². The summed E-state index contributed by atoms with van der Waals surface area (Å²) in [5.41, 5.74) is 1.65. The highest BCUT2D eigenvalue weighted by molar-refractivity contribution is 6.31. The van der Waals surface area contributed by atoms with E-state index in [-0.39, 0.29) is 5.91 Å². The minimum atomic E-state index is -0.0472. The molecule has 1 heterocycles. The van der Waals surface area contributed by atoms with Crippen molar-refractivity contribution in [2.75, 3.05) is 19.0 Å². The van der Waals surface area contributed by atoms with E-state index in [1.165, 1.54) is 6.33 Å². The summed E-state index contributed by atoms with van der Waals surface area (Å²) in [6.45, 7) is 0.337. The van der Waals surface area contributed by atoms with E-state index in [0.717, 1.165) is 16.6 Å². The largest absolute Gasteiger partial charge is 0.493 e. The van der Waals surface area contributed by atoms with Gasteiger partial charge in [0.2, 0.25) is 5.91 Å². The van der Waals surface area contributed by atoms with Gasteiger partial charge in [-0.05, 0) is 42.5 Å². The topological polar surface area (TPSA) is 76.1 Å². The summed E-state index contributed by atoms with van der Waals surface area (Å²) >= 11 is 6.00. The van der Waals surface area contributed by atoms with Crippen molar-refractivity contribution in [3.63, 3.8) is 0 Å². The number of carbonyl (C=O) groups excluding carboxylic acids is 1. The molecule has 0 fully saturated rings. The number of benzene rings is 2. The van der Waals surface area contributed by atoms with Crippen molar-refractivity contribution < 1.29 is 9.53 Å². The fourth-order valence-electron chi connectivity index (χ4n) is 2.29. The number of amides is 1. The van der Waals surface area contributed by atoms with Crippen LogP contribution in [0.1, 0.15) is 6.42 Å². The molecule has 0 atom stereocenters. The quantitative estimate of drug-likeness (QED) is 0.706. The number of hydrogen-bond acceptors (Lipinski definition) is 5. The second-order valence-corrected chi connectivity index (χ2v) is 5.74. The van der Waals surface area contributed by atoms with Crippen LogP contribution in [0.4, 0.5) is 11.5 Å². The summed E-state index contributed by atoms with van der Waals surface area (Å²) in [4.78, 5) is 19.7. The third-order valence-electron chi connectivity index (χ3n) is 3.59. The molecule has 2 N–H and O–H groups in total. The fraction of sp³-hybridized carbons (Fsp3) is 0.167. The zero-order valence-corrected chi connectivity index (χ0v) is 14.4. The molecule has 0 unspecified atom stereocenters. The first-order chi connectivity index (χ1) is 12.2. The first-order valence-electron chi connectivity index (χ1n) is 7.76. The van der Waals surface area contributed by atoms with Crippen LogP contribution < -0.4 is 15.4 Å². The lowest BCUT2D eigenvalue weighted by Gasteiger charge is -2.10. The normalized spacial score (nSPS) is 10.5. The molecule has 1 aromatic heterocycles. The summed E-state index contributed by atoms with van der Waals surface area (Å²) in [5, 5.41) is 7.34. The third-order valence-corrected chi connectivity index (χ3v) is 3.83. The van der Waals surface area contributed by atoms with Gasteiger partial charge in [-0.3, -0.25) is 4.79 Å². The summed E-state index contributed by atoms with van der Waals surface area (Å²) in [7, 11) is 1.60.